The number of anilines is 1. The van der Waals surface area contributed by atoms with Gasteiger partial charge in [-0.1, -0.05) is 12.1 Å². The highest BCUT2D eigenvalue weighted by molar-refractivity contribution is 9.10. The molecule has 1 aromatic heterocycles. The van der Waals surface area contributed by atoms with Crippen molar-refractivity contribution in [2.24, 2.45) is 0 Å². The first kappa shape index (κ1) is 13.8. The van der Waals surface area contributed by atoms with Crippen LogP contribution in [0.15, 0.2) is 34.9 Å². The fourth-order valence-corrected chi connectivity index (χ4v) is 2.23. The maximum absolute atomic E-state index is 12.5. The van der Waals surface area contributed by atoms with Crippen molar-refractivity contribution in [3.05, 3.63) is 46.2 Å². The number of nitrogens with zero attached hydrogens (tertiary/aromatic N) is 2. The van der Waals surface area contributed by atoms with Crippen LogP contribution in [0.25, 0.3) is 0 Å². The van der Waals surface area contributed by atoms with Crippen LogP contribution in [0.3, 0.4) is 0 Å². The molecule has 0 amide bonds. The van der Waals surface area contributed by atoms with E-state index in [1.54, 1.807) is 42.3 Å². The summed E-state index contributed by atoms with van der Waals surface area (Å²) >= 11 is 3.35. The monoisotopic (exact) mass is 323 g/mol. The van der Waals surface area contributed by atoms with Crippen LogP contribution in [-0.4, -0.2) is 29.3 Å². The Kier molecular flexibility index (Phi) is 4.34. The van der Waals surface area contributed by atoms with Gasteiger partial charge in [-0.2, -0.15) is 5.10 Å². The van der Waals surface area contributed by atoms with Gasteiger partial charge in [0.15, 0.2) is 0 Å². The van der Waals surface area contributed by atoms with Gasteiger partial charge < -0.3 is 10.5 Å². The molecule has 0 aliphatic heterocycles. The van der Waals surface area contributed by atoms with Gasteiger partial charge in [0.05, 0.1) is 23.8 Å². The zero-order valence-electron chi connectivity index (χ0n) is 10.5. The lowest BCUT2D eigenvalue weighted by atomic mass is 10.1. The normalized spacial score (nSPS) is 10.6. The highest BCUT2D eigenvalue weighted by Crippen LogP contribution is 2.20. The summed E-state index contributed by atoms with van der Waals surface area (Å²) in [7, 11) is 1.61. The number of ketones is 1. The van der Waals surface area contributed by atoms with Crippen molar-refractivity contribution in [1.82, 2.24) is 9.78 Å². The molecule has 19 heavy (non-hydrogen) atoms. The van der Waals surface area contributed by atoms with Gasteiger partial charge in [-0.25, -0.2) is 0 Å². The van der Waals surface area contributed by atoms with Crippen molar-refractivity contribution in [2.75, 3.05) is 19.5 Å². The van der Waals surface area contributed by atoms with Crippen LogP contribution in [0.1, 0.15) is 16.1 Å². The standard InChI is InChI=1S/C13H14BrN3O2/c1-19-6-5-17-12(11(14)8-16-17)13(18)9-3-2-4-10(15)7-9/h2-4,7-8H,5-6,15H2,1H3. The molecule has 1 aromatic carbocycles. The number of halogens is 1. The second kappa shape index (κ2) is 5.99. The minimum Gasteiger partial charge on any atom is -0.399 e. The Bertz CT molecular complexity index is 595. The predicted octanol–water partition coefficient (Wildman–Crippen LogP) is 2.11. The van der Waals surface area contributed by atoms with E-state index < -0.39 is 0 Å². The Morgan fingerprint density at radius 3 is 3.00 bits per heavy atom. The van der Waals surface area contributed by atoms with E-state index in [-0.39, 0.29) is 5.78 Å². The number of hydrogen-bond donors (Lipinski definition) is 1. The average Bonchev–Trinajstić information content (AvgIpc) is 2.76. The second-order valence-corrected chi connectivity index (χ2v) is 4.87. The third-order valence-corrected chi connectivity index (χ3v) is 3.25. The molecule has 0 saturated heterocycles. The molecule has 0 spiro atoms. The molecule has 0 saturated carbocycles. The molecule has 2 rings (SSSR count). The Balaban J connectivity index is 2.35. The summed E-state index contributed by atoms with van der Waals surface area (Å²) in [5, 5.41) is 4.16. The van der Waals surface area contributed by atoms with Gasteiger partial charge in [0.2, 0.25) is 5.78 Å². The van der Waals surface area contributed by atoms with E-state index in [0.717, 1.165) is 0 Å². The number of aromatic nitrogens is 2. The first-order valence-electron chi connectivity index (χ1n) is 5.74. The number of methoxy groups -OCH3 is 1. The van der Waals surface area contributed by atoms with Gasteiger partial charge in [-0.3, -0.25) is 9.48 Å². The molecular formula is C13H14BrN3O2. The molecule has 0 fully saturated rings. The summed E-state index contributed by atoms with van der Waals surface area (Å²) in [6, 6.07) is 6.89. The highest BCUT2D eigenvalue weighted by Gasteiger charge is 2.18. The number of nitrogen functional groups attached to an aromatic ring is 1. The Morgan fingerprint density at radius 2 is 2.32 bits per heavy atom. The van der Waals surface area contributed by atoms with Crippen molar-refractivity contribution in [3.63, 3.8) is 0 Å². The van der Waals surface area contributed by atoms with Crippen molar-refractivity contribution >= 4 is 27.4 Å². The van der Waals surface area contributed by atoms with Gasteiger partial charge >= 0.3 is 0 Å². The molecule has 5 nitrogen and oxygen atoms in total. The minimum atomic E-state index is -0.118. The summed E-state index contributed by atoms with van der Waals surface area (Å²) in [4.78, 5) is 12.5. The van der Waals surface area contributed by atoms with E-state index in [9.17, 15) is 4.79 Å². The lowest BCUT2D eigenvalue weighted by molar-refractivity contribution is 0.102. The van der Waals surface area contributed by atoms with Gasteiger partial charge in [-0.15, -0.1) is 0 Å². The van der Waals surface area contributed by atoms with Gasteiger partial charge in [0, 0.05) is 18.4 Å². The van der Waals surface area contributed by atoms with Gasteiger partial charge in [-0.05, 0) is 28.1 Å². The molecule has 1 heterocycles. The molecule has 0 aliphatic carbocycles. The first-order valence-corrected chi connectivity index (χ1v) is 6.53. The molecular weight excluding hydrogens is 310 g/mol. The third kappa shape index (κ3) is 3.02. The van der Waals surface area contributed by atoms with Gasteiger partial charge in [0.1, 0.15) is 5.69 Å². The van der Waals surface area contributed by atoms with E-state index >= 15 is 0 Å². The molecule has 2 N–H and O–H groups in total. The number of carbonyl (C=O) groups excluding carboxylic acids is 1. The molecule has 0 aliphatic rings. The Hall–Kier alpha value is -1.66. The molecule has 0 radical (unpaired) electrons. The quantitative estimate of drug-likeness (QED) is 0.675. The highest BCUT2D eigenvalue weighted by atomic mass is 79.9. The van der Waals surface area contributed by atoms with Crippen molar-refractivity contribution in [2.45, 2.75) is 6.54 Å². The van der Waals surface area contributed by atoms with Crippen molar-refractivity contribution in [3.8, 4) is 0 Å². The van der Waals surface area contributed by atoms with Crippen LogP contribution in [0.2, 0.25) is 0 Å². The first-order chi connectivity index (χ1) is 9.13. The average molecular weight is 324 g/mol. The van der Waals surface area contributed by atoms with Crippen LogP contribution in [0.4, 0.5) is 5.69 Å². The van der Waals surface area contributed by atoms with E-state index in [1.165, 1.54) is 0 Å². The van der Waals surface area contributed by atoms with Crippen LogP contribution in [0, 0.1) is 0 Å². The zero-order chi connectivity index (χ0) is 13.8. The lowest BCUT2D eigenvalue weighted by Crippen LogP contribution is -2.15. The van der Waals surface area contributed by atoms with Crippen LogP contribution < -0.4 is 5.73 Å². The SMILES string of the molecule is COCCn1ncc(Br)c1C(=O)c1cccc(N)c1. The summed E-state index contributed by atoms with van der Waals surface area (Å²) in [5.74, 6) is -0.118. The number of nitrogens with two attached hydrogens (primary N) is 1. The largest absolute Gasteiger partial charge is 0.399 e. The topological polar surface area (TPSA) is 70.1 Å². The maximum atomic E-state index is 12.5. The zero-order valence-corrected chi connectivity index (χ0v) is 12.1. The molecule has 2 aromatic rings. The van der Waals surface area contributed by atoms with Crippen LogP contribution in [0.5, 0.6) is 0 Å². The van der Waals surface area contributed by atoms with Crippen LogP contribution >= 0.6 is 15.9 Å². The molecule has 6 heteroatoms. The minimum absolute atomic E-state index is 0.118. The summed E-state index contributed by atoms with van der Waals surface area (Å²) in [6.07, 6.45) is 1.61. The number of carbonyl (C=O) groups is 1. The van der Waals surface area contributed by atoms with Crippen molar-refractivity contribution < 1.29 is 9.53 Å². The molecule has 0 unspecified atom stereocenters. The summed E-state index contributed by atoms with van der Waals surface area (Å²) in [5.41, 5.74) is 7.30. The van der Waals surface area contributed by atoms with E-state index in [0.29, 0.717) is 34.6 Å². The molecule has 0 bridgehead atoms. The van der Waals surface area contributed by atoms with E-state index in [2.05, 4.69) is 21.0 Å². The molecule has 100 valence electrons. The lowest BCUT2D eigenvalue weighted by Gasteiger charge is -2.07. The van der Waals surface area contributed by atoms with E-state index in [4.69, 9.17) is 10.5 Å². The number of hydrogen-bond acceptors (Lipinski definition) is 4. The van der Waals surface area contributed by atoms with Crippen LogP contribution in [-0.2, 0) is 11.3 Å². The van der Waals surface area contributed by atoms with Crippen molar-refractivity contribution in [1.29, 1.82) is 0 Å². The van der Waals surface area contributed by atoms with Gasteiger partial charge in [0.25, 0.3) is 0 Å². The van der Waals surface area contributed by atoms with E-state index in [1.807, 2.05) is 0 Å². The smallest absolute Gasteiger partial charge is 0.212 e. The second-order valence-electron chi connectivity index (χ2n) is 4.01. The molecule has 0 atom stereocenters. The Labute approximate surface area is 119 Å². The summed E-state index contributed by atoms with van der Waals surface area (Å²) < 4.78 is 7.29. The maximum Gasteiger partial charge on any atom is 0.212 e. The predicted molar refractivity (Wildman–Crippen MR) is 76.1 cm³/mol. The summed E-state index contributed by atoms with van der Waals surface area (Å²) in [6.45, 7) is 1.01. The number of benzene rings is 1. The Morgan fingerprint density at radius 1 is 1.53 bits per heavy atom. The fourth-order valence-electron chi connectivity index (χ4n) is 1.75. The fraction of sp³-hybridized carbons (Fsp3) is 0.231. The number of ether oxygens (including phenoxy) is 1. The number of rotatable bonds is 5. The third-order valence-electron chi connectivity index (χ3n) is 2.67.